The van der Waals surface area contributed by atoms with E-state index in [0.29, 0.717) is 19.8 Å². The maximum Gasteiger partial charge on any atom is 0.205 e. The number of ether oxygens (including phenoxy) is 5. The van der Waals surface area contributed by atoms with Crippen LogP contribution in [0.1, 0.15) is 36.2 Å². The van der Waals surface area contributed by atoms with Crippen LogP contribution in [0.5, 0.6) is 11.5 Å². The van der Waals surface area contributed by atoms with Crippen molar-refractivity contribution >= 4 is 0 Å². The third kappa shape index (κ3) is 4.52. The SMILES string of the molecule is COCOc1cccc(COCc2cnc(C)c3c2COC(C)(C)O3)c1. The molecule has 0 radical (unpaired) electrons. The van der Waals surface area contributed by atoms with Crippen molar-refractivity contribution in [2.75, 3.05) is 13.9 Å². The Labute approximate surface area is 154 Å². The summed E-state index contributed by atoms with van der Waals surface area (Å²) in [7, 11) is 1.60. The molecule has 2 heterocycles. The lowest BCUT2D eigenvalue weighted by molar-refractivity contribution is -0.181. The van der Waals surface area contributed by atoms with E-state index in [0.717, 1.165) is 33.9 Å². The summed E-state index contributed by atoms with van der Waals surface area (Å²) in [5, 5.41) is 0. The number of methoxy groups -OCH3 is 1. The third-order valence-corrected chi connectivity index (χ3v) is 4.08. The first kappa shape index (κ1) is 18.6. The Morgan fingerprint density at radius 2 is 2.08 bits per heavy atom. The summed E-state index contributed by atoms with van der Waals surface area (Å²) in [6.45, 7) is 7.36. The lowest BCUT2D eigenvalue weighted by Gasteiger charge is -2.34. The van der Waals surface area contributed by atoms with Gasteiger partial charge in [-0.3, -0.25) is 4.98 Å². The highest BCUT2D eigenvalue weighted by atomic mass is 16.7. The predicted octanol–water partition coefficient (Wildman–Crippen LogP) is 3.73. The molecule has 0 N–H and O–H groups in total. The van der Waals surface area contributed by atoms with Crippen molar-refractivity contribution in [3.05, 3.63) is 52.8 Å². The second-order valence-corrected chi connectivity index (χ2v) is 6.66. The number of nitrogens with zero attached hydrogens (tertiary/aromatic N) is 1. The van der Waals surface area contributed by atoms with Gasteiger partial charge in [0.05, 0.1) is 25.5 Å². The first-order valence-corrected chi connectivity index (χ1v) is 8.57. The number of benzene rings is 1. The fourth-order valence-electron chi connectivity index (χ4n) is 2.75. The average Bonchev–Trinajstić information content (AvgIpc) is 2.62. The molecular weight excluding hydrogens is 334 g/mol. The molecule has 0 fully saturated rings. The number of aryl methyl sites for hydroxylation is 1. The highest BCUT2D eigenvalue weighted by Gasteiger charge is 2.30. The molecule has 6 nitrogen and oxygen atoms in total. The minimum atomic E-state index is -0.637. The van der Waals surface area contributed by atoms with Crippen LogP contribution >= 0.6 is 0 Å². The van der Waals surface area contributed by atoms with Gasteiger partial charge in [0.2, 0.25) is 5.79 Å². The van der Waals surface area contributed by atoms with Gasteiger partial charge in [0.25, 0.3) is 0 Å². The van der Waals surface area contributed by atoms with Crippen molar-refractivity contribution in [1.82, 2.24) is 4.98 Å². The van der Waals surface area contributed by atoms with Crippen molar-refractivity contribution in [3.63, 3.8) is 0 Å². The molecule has 0 aliphatic carbocycles. The molecule has 0 amide bonds. The Morgan fingerprint density at radius 3 is 2.88 bits per heavy atom. The maximum atomic E-state index is 5.94. The smallest absolute Gasteiger partial charge is 0.205 e. The molecule has 0 bridgehead atoms. The van der Waals surface area contributed by atoms with E-state index in [4.69, 9.17) is 23.7 Å². The van der Waals surface area contributed by atoms with Crippen LogP contribution in [0, 0.1) is 6.92 Å². The van der Waals surface area contributed by atoms with Gasteiger partial charge in [0, 0.05) is 38.3 Å². The van der Waals surface area contributed by atoms with Gasteiger partial charge in [-0.05, 0) is 24.6 Å². The molecule has 1 aliphatic heterocycles. The Kier molecular flexibility index (Phi) is 5.76. The van der Waals surface area contributed by atoms with Crippen LogP contribution < -0.4 is 9.47 Å². The molecule has 0 saturated heterocycles. The highest BCUT2D eigenvalue weighted by molar-refractivity contribution is 5.42. The normalized spacial score (nSPS) is 15.2. The zero-order valence-corrected chi connectivity index (χ0v) is 15.7. The van der Waals surface area contributed by atoms with Crippen molar-refractivity contribution in [2.24, 2.45) is 0 Å². The second kappa shape index (κ2) is 8.03. The summed E-state index contributed by atoms with van der Waals surface area (Å²) in [5.41, 5.74) is 3.88. The molecule has 3 rings (SSSR count). The minimum Gasteiger partial charge on any atom is -0.468 e. The van der Waals surface area contributed by atoms with E-state index < -0.39 is 5.79 Å². The van der Waals surface area contributed by atoms with Gasteiger partial charge in [0.15, 0.2) is 6.79 Å². The summed E-state index contributed by atoms with van der Waals surface area (Å²) in [6, 6.07) is 7.76. The second-order valence-electron chi connectivity index (χ2n) is 6.66. The maximum absolute atomic E-state index is 5.94. The number of hydrogen-bond donors (Lipinski definition) is 0. The fourth-order valence-corrected chi connectivity index (χ4v) is 2.75. The molecule has 140 valence electrons. The van der Waals surface area contributed by atoms with Crippen LogP contribution in [0.25, 0.3) is 0 Å². The average molecular weight is 359 g/mol. The van der Waals surface area contributed by atoms with Gasteiger partial charge in [-0.15, -0.1) is 0 Å². The topological polar surface area (TPSA) is 59.0 Å². The van der Waals surface area contributed by atoms with Crippen LogP contribution in [0.3, 0.4) is 0 Å². The van der Waals surface area contributed by atoms with Gasteiger partial charge in [0.1, 0.15) is 11.5 Å². The van der Waals surface area contributed by atoms with E-state index in [1.165, 1.54) is 0 Å². The van der Waals surface area contributed by atoms with Gasteiger partial charge in [-0.2, -0.15) is 0 Å². The largest absolute Gasteiger partial charge is 0.468 e. The monoisotopic (exact) mass is 359 g/mol. The molecule has 26 heavy (non-hydrogen) atoms. The molecule has 0 unspecified atom stereocenters. The van der Waals surface area contributed by atoms with Crippen LogP contribution in [0.15, 0.2) is 30.5 Å². The number of rotatable bonds is 7. The molecule has 1 aliphatic rings. The quantitative estimate of drug-likeness (QED) is 0.702. The first-order chi connectivity index (χ1) is 12.5. The zero-order chi connectivity index (χ0) is 18.6. The van der Waals surface area contributed by atoms with Crippen LogP contribution in [0.4, 0.5) is 0 Å². The van der Waals surface area contributed by atoms with Crippen LogP contribution in [-0.4, -0.2) is 24.7 Å². The Morgan fingerprint density at radius 1 is 1.23 bits per heavy atom. The van der Waals surface area contributed by atoms with Crippen molar-refractivity contribution in [3.8, 4) is 11.5 Å². The molecule has 0 saturated carbocycles. The number of pyridine rings is 1. The van der Waals surface area contributed by atoms with Gasteiger partial charge in [-0.1, -0.05) is 12.1 Å². The van der Waals surface area contributed by atoms with Crippen molar-refractivity contribution < 1.29 is 23.7 Å². The van der Waals surface area contributed by atoms with Crippen molar-refractivity contribution in [1.29, 1.82) is 0 Å². The predicted molar refractivity (Wildman–Crippen MR) is 95.9 cm³/mol. The van der Waals surface area contributed by atoms with E-state index in [1.807, 2.05) is 51.2 Å². The standard InChI is InChI=1S/C20H25NO5/c1-14-19-18(12-25-20(2,3)26-19)16(9-21-14)11-23-10-15-6-5-7-17(8-15)24-13-22-4/h5-9H,10-13H2,1-4H3. The summed E-state index contributed by atoms with van der Waals surface area (Å²) < 4.78 is 28.0. The zero-order valence-electron chi connectivity index (χ0n) is 15.7. The minimum absolute atomic E-state index is 0.224. The Balaban J connectivity index is 1.64. The molecule has 6 heteroatoms. The Hall–Kier alpha value is -2.15. The van der Waals surface area contributed by atoms with Crippen LogP contribution in [0.2, 0.25) is 0 Å². The van der Waals surface area contributed by atoms with E-state index in [9.17, 15) is 0 Å². The summed E-state index contributed by atoms with van der Waals surface area (Å²) >= 11 is 0. The molecule has 1 aromatic carbocycles. The fraction of sp³-hybridized carbons (Fsp3) is 0.450. The number of fused-ring (bicyclic) bond motifs is 1. The van der Waals surface area contributed by atoms with Crippen molar-refractivity contribution in [2.45, 2.75) is 46.4 Å². The van der Waals surface area contributed by atoms with Gasteiger partial charge >= 0.3 is 0 Å². The summed E-state index contributed by atoms with van der Waals surface area (Å²) in [5.74, 6) is 0.922. The number of hydrogen-bond acceptors (Lipinski definition) is 6. The summed E-state index contributed by atoms with van der Waals surface area (Å²) in [6.07, 6.45) is 1.83. The van der Waals surface area contributed by atoms with E-state index in [1.54, 1.807) is 7.11 Å². The number of aromatic nitrogens is 1. The highest BCUT2D eigenvalue weighted by Crippen LogP contribution is 2.35. The molecule has 2 aromatic rings. The molecule has 0 atom stereocenters. The van der Waals surface area contributed by atoms with Gasteiger partial charge in [-0.25, -0.2) is 0 Å². The molecular formula is C20H25NO5. The van der Waals surface area contributed by atoms with E-state index in [-0.39, 0.29) is 6.79 Å². The summed E-state index contributed by atoms with van der Waals surface area (Å²) in [4.78, 5) is 4.44. The lowest BCUT2D eigenvalue weighted by Crippen LogP contribution is -2.36. The van der Waals surface area contributed by atoms with Gasteiger partial charge < -0.3 is 23.7 Å². The van der Waals surface area contributed by atoms with E-state index >= 15 is 0 Å². The Bertz CT molecular complexity index is 760. The molecule has 0 spiro atoms. The van der Waals surface area contributed by atoms with E-state index in [2.05, 4.69) is 4.98 Å². The molecule has 1 aromatic heterocycles. The first-order valence-electron chi connectivity index (χ1n) is 8.57. The third-order valence-electron chi connectivity index (χ3n) is 4.08. The van der Waals surface area contributed by atoms with Crippen LogP contribution in [-0.2, 0) is 34.0 Å². The lowest BCUT2D eigenvalue weighted by atomic mass is 10.1.